The number of anilines is 2. The zero-order valence-corrected chi connectivity index (χ0v) is 16.8. The number of nitrogens with zero attached hydrogens (tertiary/aromatic N) is 4. The molecule has 3 heterocycles. The molecule has 29 heavy (non-hydrogen) atoms. The maximum Gasteiger partial charge on any atom is 0.407 e. The number of carboxylic acid groups (broad SMARTS) is 1. The minimum atomic E-state index is -0.891. The molecule has 0 bridgehead atoms. The molecule has 3 aromatic rings. The zero-order chi connectivity index (χ0) is 20.5. The first-order chi connectivity index (χ1) is 13.9. The van der Waals surface area contributed by atoms with E-state index < -0.39 is 6.09 Å². The number of hydrogen-bond acceptors (Lipinski definition) is 5. The van der Waals surface area contributed by atoms with Crippen molar-refractivity contribution < 1.29 is 14.6 Å². The van der Waals surface area contributed by atoms with Gasteiger partial charge < -0.3 is 24.6 Å². The summed E-state index contributed by atoms with van der Waals surface area (Å²) in [6.45, 7) is 4.97. The van der Waals surface area contributed by atoms with Gasteiger partial charge in [-0.15, -0.1) is 0 Å². The highest BCUT2D eigenvalue weighted by Crippen LogP contribution is 2.28. The first-order valence-electron chi connectivity index (χ1n) is 9.77. The molecule has 2 aromatic heterocycles. The van der Waals surface area contributed by atoms with E-state index in [1.165, 1.54) is 4.90 Å². The molecule has 0 spiro atoms. The molecule has 1 amide bonds. The predicted octanol–water partition coefficient (Wildman–Crippen LogP) is 3.71. The van der Waals surface area contributed by atoms with Crippen molar-refractivity contribution >= 4 is 28.6 Å². The van der Waals surface area contributed by atoms with Crippen LogP contribution in [0.5, 0.6) is 5.75 Å². The van der Waals surface area contributed by atoms with Crippen molar-refractivity contribution in [1.29, 1.82) is 0 Å². The Bertz CT molecular complexity index is 1060. The second kappa shape index (κ2) is 7.62. The minimum Gasteiger partial charge on any atom is -0.489 e. The summed E-state index contributed by atoms with van der Waals surface area (Å²) in [4.78, 5) is 21.5. The highest BCUT2D eigenvalue weighted by Gasteiger charge is 2.27. The van der Waals surface area contributed by atoms with Crippen molar-refractivity contribution in [1.82, 2.24) is 19.4 Å². The second-order valence-corrected chi connectivity index (χ2v) is 7.37. The summed E-state index contributed by atoms with van der Waals surface area (Å²) in [5, 5.41) is 12.5. The third-order valence-corrected chi connectivity index (χ3v) is 5.33. The highest BCUT2D eigenvalue weighted by molar-refractivity contribution is 5.81. The Morgan fingerprint density at radius 2 is 2.21 bits per heavy atom. The van der Waals surface area contributed by atoms with Crippen LogP contribution >= 0.6 is 0 Å². The molecule has 8 heteroatoms. The molecular weight excluding hydrogens is 370 g/mol. The molecule has 1 aliphatic heterocycles. The lowest BCUT2D eigenvalue weighted by Crippen LogP contribution is -2.29. The van der Waals surface area contributed by atoms with E-state index in [9.17, 15) is 4.79 Å². The lowest BCUT2D eigenvalue weighted by molar-refractivity contribution is 0.145. The first-order valence-corrected chi connectivity index (χ1v) is 9.77. The smallest absolute Gasteiger partial charge is 0.407 e. The molecule has 1 aliphatic rings. The maximum atomic E-state index is 11.1. The van der Waals surface area contributed by atoms with Crippen molar-refractivity contribution in [2.45, 2.75) is 32.8 Å². The van der Waals surface area contributed by atoms with Crippen LogP contribution in [-0.4, -0.2) is 49.8 Å². The average Bonchev–Trinajstić information content (AvgIpc) is 3.31. The van der Waals surface area contributed by atoms with Gasteiger partial charge in [-0.25, -0.2) is 14.8 Å². The number of aromatic nitrogens is 3. The Balaban J connectivity index is 1.53. The van der Waals surface area contributed by atoms with Gasteiger partial charge in [0, 0.05) is 31.8 Å². The van der Waals surface area contributed by atoms with E-state index >= 15 is 0 Å². The number of nitrogens with one attached hydrogen (secondary N) is 1. The van der Waals surface area contributed by atoms with Crippen LogP contribution in [0.25, 0.3) is 11.0 Å². The van der Waals surface area contributed by atoms with Crippen LogP contribution in [0.3, 0.4) is 0 Å². The number of ether oxygens (including phenoxy) is 1. The van der Waals surface area contributed by atoms with E-state index in [4.69, 9.17) is 9.84 Å². The Hall–Kier alpha value is -3.29. The average molecular weight is 395 g/mol. The largest absolute Gasteiger partial charge is 0.489 e. The van der Waals surface area contributed by atoms with Gasteiger partial charge in [0.2, 0.25) is 0 Å². The summed E-state index contributed by atoms with van der Waals surface area (Å²) >= 11 is 0. The fourth-order valence-corrected chi connectivity index (χ4v) is 3.73. The van der Waals surface area contributed by atoms with Gasteiger partial charge in [0.05, 0.1) is 24.1 Å². The van der Waals surface area contributed by atoms with Gasteiger partial charge in [-0.3, -0.25) is 0 Å². The number of rotatable bonds is 5. The summed E-state index contributed by atoms with van der Waals surface area (Å²) in [5.74, 6) is 1.53. The Kier molecular flexibility index (Phi) is 5.00. The molecule has 1 unspecified atom stereocenters. The van der Waals surface area contributed by atoms with Crippen molar-refractivity contribution in [2.75, 3.05) is 18.4 Å². The van der Waals surface area contributed by atoms with E-state index in [0.717, 1.165) is 46.0 Å². The third kappa shape index (κ3) is 3.83. The highest BCUT2D eigenvalue weighted by atomic mass is 16.5. The van der Waals surface area contributed by atoms with E-state index in [1.807, 2.05) is 42.8 Å². The molecular formula is C21H25N5O3. The van der Waals surface area contributed by atoms with E-state index in [0.29, 0.717) is 19.5 Å². The fraction of sp³-hybridized carbons (Fsp3) is 0.381. The van der Waals surface area contributed by atoms with E-state index in [2.05, 4.69) is 22.2 Å². The van der Waals surface area contributed by atoms with Gasteiger partial charge in [0.25, 0.3) is 0 Å². The number of likely N-dealkylation sites (tertiary alicyclic amines) is 1. The number of hydrogen-bond donors (Lipinski definition) is 2. The van der Waals surface area contributed by atoms with Gasteiger partial charge in [-0.2, -0.15) is 0 Å². The topological polar surface area (TPSA) is 92.5 Å². The van der Waals surface area contributed by atoms with Crippen LogP contribution in [0.15, 0.2) is 30.6 Å². The zero-order valence-electron chi connectivity index (χ0n) is 16.8. The molecule has 0 radical (unpaired) electrons. The first kappa shape index (κ1) is 19.0. The molecule has 152 valence electrons. The molecule has 1 aromatic carbocycles. The monoisotopic (exact) mass is 395 g/mol. The number of aryl methyl sites for hydroxylation is 3. The molecule has 0 aliphatic carbocycles. The number of pyridine rings is 1. The lowest BCUT2D eigenvalue weighted by Gasteiger charge is -2.17. The molecule has 1 saturated heterocycles. The van der Waals surface area contributed by atoms with Gasteiger partial charge in [0.15, 0.2) is 0 Å². The van der Waals surface area contributed by atoms with Crippen molar-refractivity contribution in [3.8, 4) is 5.75 Å². The molecule has 1 atom stereocenters. The predicted molar refractivity (Wildman–Crippen MR) is 111 cm³/mol. The summed E-state index contributed by atoms with van der Waals surface area (Å²) in [6.07, 6.45) is 2.34. The molecule has 4 rings (SSSR count). The SMILES string of the molecule is CCc1cc(OC2CCN(C(=O)O)C2)ccc1Nc1cc2c(ncn2C)c(C)n1. The molecule has 1 fully saturated rings. The number of fused-ring (bicyclic) bond motifs is 1. The van der Waals surface area contributed by atoms with Gasteiger partial charge >= 0.3 is 6.09 Å². The molecule has 8 nitrogen and oxygen atoms in total. The van der Waals surface area contributed by atoms with Gasteiger partial charge in [-0.1, -0.05) is 6.92 Å². The molecule has 2 N–H and O–H groups in total. The van der Waals surface area contributed by atoms with E-state index in [-0.39, 0.29) is 6.10 Å². The van der Waals surface area contributed by atoms with Crippen LogP contribution in [0.1, 0.15) is 24.6 Å². The summed E-state index contributed by atoms with van der Waals surface area (Å²) in [5.41, 5.74) is 4.91. The number of benzene rings is 1. The standard InChI is InChI=1S/C21H25N5O3/c1-4-14-9-15(29-16-7-8-26(11-16)21(27)28)5-6-17(14)24-19-10-18-20(13(2)23-19)22-12-25(18)3/h5-6,9-10,12,16H,4,7-8,11H2,1-3H3,(H,23,24)(H,27,28). The summed E-state index contributed by atoms with van der Waals surface area (Å²) in [7, 11) is 1.97. The number of imidazole rings is 1. The summed E-state index contributed by atoms with van der Waals surface area (Å²) < 4.78 is 8.01. The van der Waals surface area contributed by atoms with Crippen molar-refractivity contribution in [2.24, 2.45) is 7.05 Å². The van der Waals surface area contributed by atoms with E-state index in [1.54, 1.807) is 6.33 Å². The van der Waals surface area contributed by atoms with Crippen LogP contribution < -0.4 is 10.1 Å². The molecule has 0 saturated carbocycles. The Morgan fingerprint density at radius 3 is 2.93 bits per heavy atom. The minimum absolute atomic E-state index is 0.105. The van der Waals surface area contributed by atoms with Gasteiger partial charge in [-0.05, 0) is 37.1 Å². The third-order valence-electron chi connectivity index (χ3n) is 5.33. The maximum absolute atomic E-state index is 11.1. The van der Waals surface area contributed by atoms with Gasteiger partial charge in [0.1, 0.15) is 23.2 Å². The van der Waals surface area contributed by atoms with Crippen LogP contribution in [-0.2, 0) is 13.5 Å². The van der Waals surface area contributed by atoms with Crippen LogP contribution in [0.2, 0.25) is 0 Å². The normalized spacial score (nSPS) is 16.4. The van der Waals surface area contributed by atoms with Crippen molar-refractivity contribution in [3.05, 3.63) is 41.9 Å². The fourth-order valence-electron chi connectivity index (χ4n) is 3.73. The van der Waals surface area contributed by atoms with Crippen molar-refractivity contribution in [3.63, 3.8) is 0 Å². The lowest BCUT2D eigenvalue weighted by atomic mass is 10.1. The Morgan fingerprint density at radius 1 is 1.38 bits per heavy atom. The number of amides is 1. The van der Waals surface area contributed by atoms with Crippen LogP contribution in [0, 0.1) is 6.92 Å². The second-order valence-electron chi connectivity index (χ2n) is 7.37. The Labute approximate surface area is 169 Å². The quantitative estimate of drug-likeness (QED) is 0.684. The van der Waals surface area contributed by atoms with Crippen LogP contribution in [0.4, 0.5) is 16.3 Å². The number of carbonyl (C=O) groups is 1. The summed E-state index contributed by atoms with van der Waals surface area (Å²) in [6, 6.07) is 7.92.